The van der Waals surface area contributed by atoms with E-state index in [1.165, 1.54) is 5.56 Å². The third kappa shape index (κ3) is 2.56. The number of aryl methyl sites for hydroxylation is 1. The average molecular weight is 327 g/mol. The van der Waals surface area contributed by atoms with Gasteiger partial charge in [-0.2, -0.15) is 0 Å². The van der Waals surface area contributed by atoms with Gasteiger partial charge in [-0.25, -0.2) is 9.97 Å². The van der Waals surface area contributed by atoms with Crippen molar-refractivity contribution in [3.63, 3.8) is 0 Å². The summed E-state index contributed by atoms with van der Waals surface area (Å²) in [6.07, 6.45) is 7.69. The van der Waals surface area contributed by atoms with E-state index in [9.17, 15) is 0 Å². The van der Waals surface area contributed by atoms with Crippen molar-refractivity contribution in [1.82, 2.24) is 14.5 Å². The molecular weight excluding hydrogens is 310 g/mol. The molecule has 0 saturated heterocycles. The quantitative estimate of drug-likeness (QED) is 0.547. The van der Waals surface area contributed by atoms with Crippen molar-refractivity contribution in [2.24, 2.45) is 0 Å². The third-order valence-electron chi connectivity index (χ3n) is 4.68. The van der Waals surface area contributed by atoms with Gasteiger partial charge < -0.3 is 9.30 Å². The fraction of sp³-hybridized carbons (Fsp3) is 0.143. The molecule has 1 aliphatic heterocycles. The maximum Gasteiger partial charge on any atom is 0.122 e. The first kappa shape index (κ1) is 14.2. The normalized spacial score (nSPS) is 13.4. The first-order chi connectivity index (χ1) is 12.4. The van der Waals surface area contributed by atoms with E-state index in [0.717, 1.165) is 53.0 Å². The third-order valence-corrected chi connectivity index (χ3v) is 4.68. The number of benzene rings is 2. The predicted octanol–water partition coefficient (Wildman–Crippen LogP) is 4.41. The minimum atomic E-state index is 0.819. The second kappa shape index (κ2) is 5.74. The van der Waals surface area contributed by atoms with E-state index in [-0.39, 0.29) is 0 Å². The minimum absolute atomic E-state index is 0.819. The highest BCUT2D eigenvalue weighted by atomic mass is 16.5. The van der Waals surface area contributed by atoms with Gasteiger partial charge in [0.25, 0.3) is 0 Å². The SMILES string of the molecule is c1cn(-c2ccc3nc(-c4ccc5c(c4)CCCO5)ccc3c2)cn1. The molecule has 4 aromatic rings. The molecule has 0 atom stereocenters. The largest absolute Gasteiger partial charge is 0.493 e. The monoisotopic (exact) mass is 327 g/mol. The molecule has 0 bridgehead atoms. The molecule has 4 nitrogen and oxygen atoms in total. The van der Waals surface area contributed by atoms with Crippen LogP contribution in [0.15, 0.2) is 67.3 Å². The van der Waals surface area contributed by atoms with Gasteiger partial charge in [-0.15, -0.1) is 0 Å². The first-order valence-corrected chi connectivity index (χ1v) is 8.52. The number of hydrogen-bond acceptors (Lipinski definition) is 3. The summed E-state index contributed by atoms with van der Waals surface area (Å²) in [5.41, 5.74) is 5.50. The summed E-state index contributed by atoms with van der Waals surface area (Å²) in [6.45, 7) is 0.819. The van der Waals surface area contributed by atoms with Crippen LogP contribution in [0.2, 0.25) is 0 Å². The zero-order valence-electron chi connectivity index (χ0n) is 13.7. The number of imidazole rings is 1. The Hall–Kier alpha value is -3.14. The van der Waals surface area contributed by atoms with Crippen molar-refractivity contribution >= 4 is 10.9 Å². The van der Waals surface area contributed by atoms with E-state index in [0.29, 0.717) is 0 Å². The Morgan fingerprint density at radius 1 is 1.00 bits per heavy atom. The van der Waals surface area contributed by atoms with Gasteiger partial charge in [-0.05, 0) is 60.9 Å². The minimum Gasteiger partial charge on any atom is -0.493 e. The van der Waals surface area contributed by atoms with Gasteiger partial charge in [0, 0.05) is 29.0 Å². The Kier molecular flexibility index (Phi) is 3.27. The number of fused-ring (bicyclic) bond motifs is 2. The fourth-order valence-electron chi connectivity index (χ4n) is 3.37. The van der Waals surface area contributed by atoms with E-state index < -0.39 is 0 Å². The zero-order valence-corrected chi connectivity index (χ0v) is 13.7. The van der Waals surface area contributed by atoms with Crippen LogP contribution >= 0.6 is 0 Å². The van der Waals surface area contributed by atoms with Gasteiger partial charge in [0.15, 0.2) is 0 Å². The van der Waals surface area contributed by atoms with Crippen LogP contribution in [0.4, 0.5) is 0 Å². The Morgan fingerprint density at radius 2 is 2.00 bits per heavy atom. The number of rotatable bonds is 2. The summed E-state index contributed by atoms with van der Waals surface area (Å²) in [5.74, 6) is 1.01. The summed E-state index contributed by atoms with van der Waals surface area (Å²) in [5, 5.41) is 1.12. The van der Waals surface area contributed by atoms with Crippen LogP contribution in [0.3, 0.4) is 0 Å². The van der Waals surface area contributed by atoms with Crippen LogP contribution in [0, 0.1) is 0 Å². The highest BCUT2D eigenvalue weighted by Gasteiger charge is 2.12. The van der Waals surface area contributed by atoms with Gasteiger partial charge >= 0.3 is 0 Å². The van der Waals surface area contributed by atoms with E-state index in [2.05, 4.69) is 53.5 Å². The molecule has 0 spiro atoms. The molecule has 3 heterocycles. The maximum atomic E-state index is 5.71. The summed E-state index contributed by atoms with van der Waals surface area (Å²) in [4.78, 5) is 8.96. The lowest BCUT2D eigenvalue weighted by Gasteiger charge is -2.17. The van der Waals surface area contributed by atoms with Gasteiger partial charge in [0.1, 0.15) is 5.75 Å². The number of aromatic nitrogens is 3. The fourth-order valence-corrected chi connectivity index (χ4v) is 3.37. The highest BCUT2D eigenvalue weighted by Crippen LogP contribution is 2.30. The number of pyridine rings is 1. The Morgan fingerprint density at radius 3 is 2.92 bits per heavy atom. The summed E-state index contributed by atoms with van der Waals surface area (Å²) >= 11 is 0. The molecule has 0 saturated carbocycles. The molecule has 2 aromatic carbocycles. The molecule has 25 heavy (non-hydrogen) atoms. The molecule has 0 amide bonds. The van der Waals surface area contributed by atoms with Crippen molar-refractivity contribution in [2.45, 2.75) is 12.8 Å². The number of nitrogens with zero attached hydrogens (tertiary/aromatic N) is 3. The molecule has 0 radical (unpaired) electrons. The molecule has 0 fully saturated rings. The molecule has 0 N–H and O–H groups in total. The molecule has 122 valence electrons. The molecule has 5 rings (SSSR count). The average Bonchev–Trinajstić information content (AvgIpc) is 3.21. The van der Waals surface area contributed by atoms with Crippen LogP contribution in [0.25, 0.3) is 27.8 Å². The first-order valence-electron chi connectivity index (χ1n) is 8.52. The Balaban J connectivity index is 1.55. The molecule has 2 aromatic heterocycles. The lowest BCUT2D eigenvalue weighted by molar-refractivity contribution is 0.288. The predicted molar refractivity (Wildman–Crippen MR) is 98.1 cm³/mol. The van der Waals surface area contributed by atoms with E-state index in [1.807, 2.05) is 10.8 Å². The van der Waals surface area contributed by atoms with Crippen molar-refractivity contribution in [3.05, 3.63) is 72.8 Å². The van der Waals surface area contributed by atoms with E-state index in [1.54, 1.807) is 12.5 Å². The summed E-state index contributed by atoms with van der Waals surface area (Å²) in [7, 11) is 0. The van der Waals surface area contributed by atoms with Crippen molar-refractivity contribution in [1.29, 1.82) is 0 Å². The Bertz CT molecular complexity index is 1050. The summed E-state index contributed by atoms with van der Waals surface area (Å²) in [6, 6.07) is 16.9. The van der Waals surface area contributed by atoms with Crippen LogP contribution in [0.5, 0.6) is 5.75 Å². The second-order valence-corrected chi connectivity index (χ2v) is 6.32. The molecule has 0 aliphatic carbocycles. The highest BCUT2D eigenvalue weighted by molar-refractivity contribution is 5.83. The van der Waals surface area contributed by atoms with Gasteiger partial charge in [-0.1, -0.05) is 6.07 Å². The second-order valence-electron chi connectivity index (χ2n) is 6.32. The Labute approximate surface area is 145 Å². The molecule has 4 heteroatoms. The van der Waals surface area contributed by atoms with E-state index in [4.69, 9.17) is 9.72 Å². The standard InChI is InChI=1S/C21H17N3O/c1-2-17-12-15(4-8-21(17)25-11-1)19-6-3-16-13-18(5-7-20(16)23-19)24-10-9-22-14-24/h3-10,12-14H,1-2,11H2. The van der Waals surface area contributed by atoms with Crippen LogP contribution in [0.1, 0.15) is 12.0 Å². The van der Waals surface area contributed by atoms with Crippen molar-refractivity contribution < 1.29 is 4.74 Å². The van der Waals surface area contributed by atoms with Crippen molar-refractivity contribution in [3.8, 4) is 22.7 Å². The zero-order chi connectivity index (χ0) is 16.6. The van der Waals surface area contributed by atoms with Crippen molar-refractivity contribution in [2.75, 3.05) is 6.61 Å². The van der Waals surface area contributed by atoms with Crippen LogP contribution in [-0.4, -0.2) is 21.1 Å². The molecular formula is C21H17N3O. The lowest BCUT2D eigenvalue weighted by atomic mass is 10.0. The molecule has 0 unspecified atom stereocenters. The summed E-state index contributed by atoms with van der Waals surface area (Å²) < 4.78 is 7.70. The van der Waals surface area contributed by atoms with Gasteiger partial charge in [0.2, 0.25) is 0 Å². The smallest absolute Gasteiger partial charge is 0.122 e. The van der Waals surface area contributed by atoms with E-state index >= 15 is 0 Å². The van der Waals surface area contributed by atoms with Gasteiger partial charge in [0.05, 0.1) is 24.1 Å². The van der Waals surface area contributed by atoms with Crippen LogP contribution < -0.4 is 4.74 Å². The topological polar surface area (TPSA) is 39.9 Å². The number of hydrogen-bond donors (Lipinski definition) is 0. The van der Waals surface area contributed by atoms with Crippen LogP contribution in [-0.2, 0) is 6.42 Å². The maximum absolute atomic E-state index is 5.71. The lowest BCUT2D eigenvalue weighted by Crippen LogP contribution is -2.08. The molecule has 1 aliphatic rings. The number of ether oxygens (including phenoxy) is 1. The van der Waals surface area contributed by atoms with Gasteiger partial charge in [-0.3, -0.25) is 0 Å².